The van der Waals surface area contributed by atoms with Crippen molar-refractivity contribution in [2.75, 3.05) is 5.73 Å². The van der Waals surface area contributed by atoms with Crippen molar-refractivity contribution in [1.82, 2.24) is 4.98 Å². The molecule has 0 aromatic carbocycles. The molecule has 15 heavy (non-hydrogen) atoms. The highest BCUT2D eigenvalue weighted by molar-refractivity contribution is 6.36. The minimum Gasteiger partial charge on any atom is -0.474 e. The summed E-state index contributed by atoms with van der Waals surface area (Å²) in [4.78, 5) is 3.99. The first kappa shape index (κ1) is 12.4. The Kier molecular flexibility index (Phi) is 4.48. The SMILES string of the molecule is CCCC(C)Oc1nc(N)c(Cl)cc1Cl. The van der Waals surface area contributed by atoms with E-state index in [-0.39, 0.29) is 11.9 Å². The van der Waals surface area contributed by atoms with Crippen LogP contribution in [0.4, 0.5) is 5.82 Å². The van der Waals surface area contributed by atoms with E-state index >= 15 is 0 Å². The second-order valence-corrected chi connectivity index (χ2v) is 4.17. The summed E-state index contributed by atoms with van der Waals surface area (Å²) in [5.41, 5.74) is 5.56. The van der Waals surface area contributed by atoms with Gasteiger partial charge in [-0.2, -0.15) is 4.98 Å². The molecule has 1 aromatic rings. The van der Waals surface area contributed by atoms with Gasteiger partial charge in [0.2, 0.25) is 5.88 Å². The average Bonchev–Trinajstić information content (AvgIpc) is 2.14. The molecule has 1 atom stereocenters. The summed E-state index contributed by atoms with van der Waals surface area (Å²) in [6.45, 7) is 4.05. The molecule has 84 valence electrons. The van der Waals surface area contributed by atoms with Gasteiger partial charge in [0.05, 0.1) is 11.1 Å². The molecule has 0 bridgehead atoms. The maximum absolute atomic E-state index is 5.92. The van der Waals surface area contributed by atoms with Crippen LogP contribution in [0.3, 0.4) is 0 Å². The van der Waals surface area contributed by atoms with Crippen LogP contribution in [0.1, 0.15) is 26.7 Å². The van der Waals surface area contributed by atoms with E-state index in [9.17, 15) is 0 Å². The zero-order chi connectivity index (χ0) is 11.4. The van der Waals surface area contributed by atoms with Gasteiger partial charge in [-0.05, 0) is 19.4 Å². The first-order valence-electron chi connectivity index (χ1n) is 4.82. The van der Waals surface area contributed by atoms with Crippen LogP contribution >= 0.6 is 23.2 Å². The summed E-state index contributed by atoms with van der Waals surface area (Å²) in [7, 11) is 0. The minimum atomic E-state index is 0.0700. The van der Waals surface area contributed by atoms with Crippen LogP contribution in [-0.4, -0.2) is 11.1 Å². The van der Waals surface area contributed by atoms with Gasteiger partial charge < -0.3 is 10.5 Å². The number of nitrogens with zero attached hydrogens (tertiary/aromatic N) is 1. The van der Waals surface area contributed by atoms with Gasteiger partial charge in [0.1, 0.15) is 10.8 Å². The molecule has 1 aromatic heterocycles. The van der Waals surface area contributed by atoms with Crippen molar-refractivity contribution in [2.24, 2.45) is 0 Å². The standard InChI is InChI=1S/C10H14Cl2N2O/c1-3-4-6(2)15-10-8(12)5-7(11)9(13)14-10/h5-6H,3-4H2,1-2H3,(H2,13,14). The highest BCUT2D eigenvalue weighted by Crippen LogP contribution is 2.29. The fourth-order valence-electron chi connectivity index (χ4n) is 1.20. The summed E-state index contributed by atoms with van der Waals surface area (Å²) >= 11 is 11.7. The Morgan fingerprint density at radius 2 is 2.13 bits per heavy atom. The molecule has 3 nitrogen and oxygen atoms in total. The number of pyridine rings is 1. The van der Waals surface area contributed by atoms with Gasteiger partial charge in [-0.3, -0.25) is 0 Å². The number of ether oxygens (including phenoxy) is 1. The molecule has 0 aliphatic rings. The molecule has 0 spiro atoms. The van der Waals surface area contributed by atoms with Crippen molar-refractivity contribution in [2.45, 2.75) is 32.8 Å². The molecule has 1 rings (SSSR count). The van der Waals surface area contributed by atoms with Crippen LogP contribution in [0.2, 0.25) is 10.0 Å². The summed E-state index contributed by atoms with van der Waals surface area (Å²) in [6, 6.07) is 1.54. The molecule has 2 N–H and O–H groups in total. The Morgan fingerprint density at radius 3 is 2.73 bits per heavy atom. The van der Waals surface area contributed by atoms with Crippen molar-refractivity contribution >= 4 is 29.0 Å². The number of nitrogens with two attached hydrogens (primary N) is 1. The van der Waals surface area contributed by atoms with E-state index in [1.54, 1.807) is 6.07 Å². The van der Waals surface area contributed by atoms with Crippen LogP contribution in [0, 0.1) is 0 Å². The summed E-state index contributed by atoms with van der Waals surface area (Å²) in [6.07, 6.45) is 2.06. The lowest BCUT2D eigenvalue weighted by molar-refractivity contribution is 0.202. The maximum atomic E-state index is 5.92. The molecule has 0 fully saturated rings. The van der Waals surface area contributed by atoms with E-state index in [0.717, 1.165) is 12.8 Å². The molecule has 1 heterocycles. The Balaban J connectivity index is 2.81. The van der Waals surface area contributed by atoms with Crippen LogP contribution in [0.15, 0.2) is 6.07 Å². The smallest absolute Gasteiger partial charge is 0.234 e. The van der Waals surface area contributed by atoms with Crippen molar-refractivity contribution < 1.29 is 4.74 Å². The third-order valence-electron chi connectivity index (χ3n) is 1.93. The zero-order valence-corrected chi connectivity index (χ0v) is 10.3. The predicted octanol–water partition coefficient (Wildman–Crippen LogP) is 3.54. The van der Waals surface area contributed by atoms with E-state index in [1.807, 2.05) is 6.92 Å². The Morgan fingerprint density at radius 1 is 1.47 bits per heavy atom. The van der Waals surface area contributed by atoms with Gasteiger partial charge in [0.15, 0.2) is 0 Å². The monoisotopic (exact) mass is 248 g/mol. The van der Waals surface area contributed by atoms with Gasteiger partial charge in [0, 0.05) is 0 Å². The lowest BCUT2D eigenvalue weighted by Crippen LogP contribution is -2.12. The summed E-state index contributed by atoms with van der Waals surface area (Å²) in [5.74, 6) is 0.583. The number of halogens is 2. The molecule has 0 aliphatic heterocycles. The molecule has 5 heteroatoms. The van der Waals surface area contributed by atoms with Crippen LogP contribution in [0.5, 0.6) is 5.88 Å². The van der Waals surface area contributed by atoms with Gasteiger partial charge in [-0.1, -0.05) is 36.5 Å². The molecule has 0 radical (unpaired) electrons. The topological polar surface area (TPSA) is 48.1 Å². The molecule has 0 saturated carbocycles. The zero-order valence-electron chi connectivity index (χ0n) is 8.76. The number of anilines is 1. The van der Waals surface area contributed by atoms with E-state index in [1.165, 1.54) is 0 Å². The Labute approximate surface area is 99.5 Å². The van der Waals surface area contributed by atoms with Crippen molar-refractivity contribution in [3.05, 3.63) is 16.1 Å². The molecule has 1 unspecified atom stereocenters. The van der Waals surface area contributed by atoms with E-state index < -0.39 is 0 Å². The van der Waals surface area contributed by atoms with E-state index in [0.29, 0.717) is 15.9 Å². The number of hydrogen-bond acceptors (Lipinski definition) is 3. The third kappa shape index (κ3) is 3.43. The second kappa shape index (κ2) is 5.42. The number of aromatic nitrogens is 1. The molecule has 0 saturated heterocycles. The van der Waals surface area contributed by atoms with Crippen LogP contribution < -0.4 is 10.5 Å². The number of rotatable bonds is 4. The van der Waals surface area contributed by atoms with Gasteiger partial charge in [-0.15, -0.1) is 0 Å². The van der Waals surface area contributed by atoms with Crippen LogP contribution in [-0.2, 0) is 0 Å². The number of hydrogen-bond donors (Lipinski definition) is 1. The van der Waals surface area contributed by atoms with Gasteiger partial charge in [-0.25, -0.2) is 0 Å². The van der Waals surface area contributed by atoms with Crippen molar-refractivity contribution in [1.29, 1.82) is 0 Å². The minimum absolute atomic E-state index is 0.0700. The normalized spacial score (nSPS) is 12.5. The number of nitrogen functional groups attached to an aromatic ring is 1. The first-order chi connectivity index (χ1) is 7.04. The highest BCUT2D eigenvalue weighted by atomic mass is 35.5. The van der Waals surface area contributed by atoms with E-state index in [4.69, 9.17) is 33.7 Å². The largest absolute Gasteiger partial charge is 0.474 e. The molecular weight excluding hydrogens is 235 g/mol. The Bertz CT molecular complexity index is 344. The summed E-state index contributed by atoms with van der Waals surface area (Å²) < 4.78 is 5.54. The van der Waals surface area contributed by atoms with Crippen molar-refractivity contribution in [3.8, 4) is 5.88 Å². The maximum Gasteiger partial charge on any atom is 0.234 e. The fourth-order valence-corrected chi connectivity index (χ4v) is 1.60. The van der Waals surface area contributed by atoms with Crippen molar-refractivity contribution in [3.63, 3.8) is 0 Å². The van der Waals surface area contributed by atoms with Gasteiger partial charge in [0.25, 0.3) is 0 Å². The van der Waals surface area contributed by atoms with Crippen LogP contribution in [0.25, 0.3) is 0 Å². The molecule has 0 amide bonds. The van der Waals surface area contributed by atoms with Gasteiger partial charge >= 0.3 is 0 Å². The third-order valence-corrected chi connectivity index (χ3v) is 2.51. The lowest BCUT2D eigenvalue weighted by Gasteiger charge is -2.14. The second-order valence-electron chi connectivity index (χ2n) is 3.36. The summed E-state index contributed by atoms with van der Waals surface area (Å²) in [5, 5.41) is 0.729. The van der Waals surface area contributed by atoms with E-state index in [2.05, 4.69) is 11.9 Å². The highest BCUT2D eigenvalue weighted by Gasteiger charge is 2.11. The predicted molar refractivity (Wildman–Crippen MR) is 63.7 cm³/mol. The Hall–Kier alpha value is -0.670. The lowest BCUT2D eigenvalue weighted by atomic mass is 10.2. The first-order valence-corrected chi connectivity index (χ1v) is 5.58. The molecule has 0 aliphatic carbocycles. The molecular formula is C10H14Cl2N2O. The average molecular weight is 249 g/mol. The fraction of sp³-hybridized carbons (Fsp3) is 0.500. The quantitative estimate of drug-likeness (QED) is 0.887.